The van der Waals surface area contributed by atoms with Crippen LogP contribution in [0.25, 0.3) is 6.08 Å². The predicted octanol–water partition coefficient (Wildman–Crippen LogP) is 1.83. The molecule has 0 aromatic heterocycles. The van der Waals surface area contributed by atoms with Crippen LogP contribution in [-0.2, 0) is 11.3 Å². The van der Waals surface area contributed by atoms with Crippen LogP contribution in [0.5, 0.6) is 5.75 Å². The molecular formula is C21H16FN3O4. The molecule has 146 valence electrons. The maximum absolute atomic E-state index is 13.6. The molecule has 29 heavy (non-hydrogen) atoms. The molecule has 3 aliphatic rings. The van der Waals surface area contributed by atoms with E-state index in [2.05, 4.69) is 10.6 Å². The fourth-order valence-corrected chi connectivity index (χ4v) is 4.03. The summed E-state index contributed by atoms with van der Waals surface area (Å²) in [5, 5.41) is 4.91. The number of para-hydroxylation sites is 1. The van der Waals surface area contributed by atoms with Gasteiger partial charge in [-0.3, -0.25) is 14.9 Å². The van der Waals surface area contributed by atoms with Crippen molar-refractivity contribution in [2.45, 2.75) is 18.2 Å². The number of rotatable bonds is 3. The molecule has 3 heterocycles. The summed E-state index contributed by atoms with van der Waals surface area (Å²) in [5.41, 5.74) is 0.276. The van der Waals surface area contributed by atoms with E-state index in [0.717, 1.165) is 5.56 Å². The number of hydrogen-bond donors (Lipinski definition) is 2. The normalized spacial score (nSPS) is 24.7. The quantitative estimate of drug-likeness (QED) is 0.779. The Balaban J connectivity index is 1.49. The van der Waals surface area contributed by atoms with E-state index in [1.807, 2.05) is 24.3 Å². The zero-order valence-corrected chi connectivity index (χ0v) is 15.1. The Kier molecular flexibility index (Phi) is 3.70. The molecule has 2 N–H and O–H groups in total. The topological polar surface area (TPSA) is 87.7 Å². The summed E-state index contributed by atoms with van der Waals surface area (Å²) in [6.45, 7) is 0.100. The first-order valence-corrected chi connectivity index (χ1v) is 9.11. The van der Waals surface area contributed by atoms with E-state index < -0.39 is 35.3 Å². The van der Waals surface area contributed by atoms with Gasteiger partial charge in [-0.25, -0.2) is 9.18 Å². The van der Waals surface area contributed by atoms with Gasteiger partial charge in [-0.05, 0) is 29.8 Å². The number of nitrogens with one attached hydrogen (secondary N) is 2. The number of hydrogen-bond acceptors (Lipinski definition) is 4. The van der Waals surface area contributed by atoms with Crippen molar-refractivity contribution in [1.29, 1.82) is 0 Å². The third kappa shape index (κ3) is 2.67. The number of carbonyl (C=O) groups excluding carboxylic acids is 3. The number of halogens is 1. The Labute approximate surface area is 165 Å². The van der Waals surface area contributed by atoms with E-state index >= 15 is 0 Å². The third-order valence-corrected chi connectivity index (χ3v) is 5.47. The Morgan fingerprint density at radius 3 is 2.79 bits per heavy atom. The second kappa shape index (κ2) is 6.16. The molecular weight excluding hydrogens is 377 g/mol. The second-order valence-corrected chi connectivity index (χ2v) is 7.28. The number of imide groups is 1. The zero-order valence-electron chi connectivity index (χ0n) is 15.1. The molecule has 5 rings (SSSR count). The maximum Gasteiger partial charge on any atom is 0.322 e. The Morgan fingerprint density at radius 2 is 2.00 bits per heavy atom. The lowest BCUT2D eigenvalue weighted by atomic mass is 9.89. The van der Waals surface area contributed by atoms with Crippen LogP contribution in [0.15, 0.2) is 48.5 Å². The minimum Gasteiger partial charge on any atom is -0.483 e. The summed E-state index contributed by atoms with van der Waals surface area (Å²) in [7, 11) is 0. The molecule has 3 aliphatic heterocycles. The van der Waals surface area contributed by atoms with Gasteiger partial charge in [0.05, 0.1) is 6.54 Å². The lowest BCUT2D eigenvalue weighted by molar-refractivity contribution is -0.127. The van der Waals surface area contributed by atoms with E-state index in [-0.39, 0.29) is 18.7 Å². The summed E-state index contributed by atoms with van der Waals surface area (Å²) >= 11 is 0. The zero-order chi connectivity index (χ0) is 20.2. The molecule has 0 aliphatic carbocycles. The number of amides is 4. The molecule has 1 unspecified atom stereocenters. The summed E-state index contributed by atoms with van der Waals surface area (Å²) in [5.74, 6) is -0.901. The minimum absolute atomic E-state index is 0.114. The van der Waals surface area contributed by atoms with Gasteiger partial charge in [0.25, 0.3) is 11.8 Å². The molecule has 0 bridgehead atoms. The number of urea groups is 1. The largest absolute Gasteiger partial charge is 0.483 e. The van der Waals surface area contributed by atoms with Crippen LogP contribution in [0, 0.1) is 5.82 Å². The Bertz CT molecular complexity index is 1100. The minimum atomic E-state index is -1.50. The van der Waals surface area contributed by atoms with Crippen molar-refractivity contribution < 1.29 is 23.5 Å². The summed E-state index contributed by atoms with van der Waals surface area (Å²) in [4.78, 5) is 39.1. The van der Waals surface area contributed by atoms with E-state index in [9.17, 15) is 18.8 Å². The van der Waals surface area contributed by atoms with Gasteiger partial charge in [-0.2, -0.15) is 0 Å². The van der Waals surface area contributed by atoms with Gasteiger partial charge in [0.2, 0.25) is 0 Å². The van der Waals surface area contributed by atoms with Crippen LogP contribution in [0.4, 0.5) is 9.18 Å². The highest BCUT2D eigenvalue weighted by Crippen LogP contribution is 2.33. The van der Waals surface area contributed by atoms with Gasteiger partial charge in [-0.1, -0.05) is 30.3 Å². The van der Waals surface area contributed by atoms with Crippen molar-refractivity contribution in [2.75, 3.05) is 6.54 Å². The van der Waals surface area contributed by atoms with Crippen LogP contribution in [0.2, 0.25) is 0 Å². The van der Waals surface area contributed by atoms with Gasteiger partial charge in [0, 0.05) is 17.7 Å². The van der Waals surface area contributed by atoms with Crippen molar-refractivity contribution in [2.24, 2.45) is 0 Å². The molecule has 2 atom stereocenters. The van der Waals surface area contributed by atoms with Crippen molar-refractivity contribution in [3.8, 4) is 5.75 Å². The van der Waals surface area contributed by atoms with E-state index in [4.69, 9.17) is 4.74 Å². The van der Waals surface area contributed by atoms with E-state index in [0.29, 0.717) is 11.3 Å². The van der Waals surface area contributed by atoms with Gasteiger partial charge in [0.1, 0.15) is 11.6 Å². The Morgan fingerprint density at radius 1 is 1.17 bits per heavy atom. The molecule has 1 fully saturated rings. The molecule has 1 saturated heterocycles. The number of ether oxygens (including phenoxy) is 1. The van der Waals surface area contributed by atoms with Gasteiger partial charge in [0.15, 0.2) is 11.6 Å². The second-order valence-electron chi connectivity index (χ2n) is 7.28. The van der Waals surface area contributed by atoms with E-state index in [1.54, 1.807) is 18.2 Å². The fraction of sp³-hybridized carbons (Fsp3) is 0.190. The summed E-state index contributed by atoms with van der Waals surface area (Å²) in [6.07, 6.45) is 2.69. The highest BCUT2D eigenvalue weighted by molar-refractivity contribution is 6.08. The molecule has 2 aromatic rings. The van der Waals surface area contributed by atoms with E-state index in [1.165, 1.54) is 17.0 Å². The van der Waals surface area contributed by atoms with Gasteiger partial charge >= 0.3 is 6.03 Å². The SMILES string of the molecule is O=C1NC(=O)[C@@](CN2Cc3ccc(F)cc3C2=O)(C2C=Cc3ccccc3O2)N1. The number of benzene rings is 2. The van der Waals surface area contributed by atoms with Gasteiger partial charge in [-0.15, -0.1) is 0 Å². The Hall–Kier alpha value is -3.68. The first-order valence-electron chi connectivity index (χ1n) is 9.11. The smallest absolute Gasteiger partial charge is 0.322 e. The molecule has 0 spiro atoms. The molecule has 2 aromatic carbocycles. The average Bonchev–Trinajstić information content (AvgIpc) is 3.17. The standard InChI is InChI=1S/C21H16FN3O4/c22-14-7-5-13-10-25(18(26)15(13)9-14)11-21(19(27)23-20(28)24-21)17-8-6-12-3-1-2-4-16(12)29-17/h1-9,17H,10-11H2,(H2,23,24,27,28)/t17?,21-/m1/s1. The first-order chi connectivity index (χ1) is 14.0. The van der Waals surface area contributed by atoms with Crippen molar-refractivity contribution >= 4 is 23.9 Å². The fourth-order valence-electron chi connectivity index (χ4n) is 4.03. The van der Waals surface area contributed by atoms with Gasteiger partial charge < -0.3 is 15.0 Å². The van der Waals surface area contributed by atoms with Crippen LogP contribution in [-0.4, -0.2) is 40.9 Å². The van der Waals surface area contributed by atoms with Crippen LogP contribution in [0.1, 0.15) is 21.5 Å². The summed E-state index contributed by atoms with van der Waals surface area (Å²) in [6, 6.07) is 10.7. The number of nitrogens with zero attached hydrogens (tertiary/aromatic N) is 1. The summed E-state index contributed by atoms with van der Waals surface area (Å²) < 4.78 is 19.6. The maximum atomic E-state index is 13.6. The molecule has 0 radical (unpaired) electrons. The van der Waals surface area contributed by atoms with Crippen LogP contribution in [0.3, 0.4) is 0 Å². The third-order valence-electron chi connectivity index (χ3n) is 5.47. The highest BCUT2D eigenvalue weighted by Gasteiger charge is 2.55. The molecule has 8 heteroatoms. The van der Waals surface area contributed by atoms with Crippen molar-refractivity contribution in [3.05, 3.63) is 71.0 Å². The first kappa shape index (κ1) is 17.4. The van der Waals surface area contributed by atoms with Crippen LogP contribution < -0.4 is 15.4 Å². The molecule has 0 saturated carbocycles. The monoisotopic (exact) mass is 393 g/mol. The predicted molar refractivity (Wildman–Crippen MR) is 100 cm³/mol. The lowest BCUT2D eigenvalue weighted by Crippen LogP contribution is -2.64. The molecule has 7 nitrogen and oxygen atoms in total. The highest BCUT2D eigenvalue weighted by atomic mass is 19.1. The van der Waals surface area contributed by atoms with Crippen molar-refractivity contribution in [1.82, 2.24) is 15.5 Å². The van der Waals surface area contributed by atoms with Crippen LogP contribution >= 0.6 is 0 Å². The number of carbonyl (C=O) groups is 3. The van der Waals surface area contributed by atoms with Crippen molar-refractivity contribution in [3.63, 3.8) is 0 Å². The lowest BCUT2D eigenvalue weighted by Gasteiger charge is -2.37. The average molecular weight is 393 g/mol. The molecule has 4 amide bonds. The number of fused-ring (bicyclic) bond motifs is 2.